The Bertz CT molecular complexity index is 582. The summed E-state index contributed by atoms with van der Waals surface area (Å²) in [6.45, 7) is 0. The number of anilines is 1. The lowest BCUT2D eigenvalue weighted by Gasteiger charge is -2.14. The first kappa shape index (κ1) is 16.4. The number of benzene rings is 1. The van der Waals surface area contributed by atoms with Gasteiger partial charge in [-0.05, 0) is 31.0 Å². The molecule has 0 unspecified atom stereocenters. The highest BCUT2D eigenvalue weighted by Crippen LogP contribution is 2.37. The van der Waals surface area contributed by atoms with Crippen LogP contribution < -0.4 is 5.32 Å². The van der Waals surface area contributed by atoms with Crippen LogP contribution in [0, 0.1) is 0 Å². The van der Waals surface area contributed by atoms with Crippen molar-refractivity contribution in [3.8, 4) is 0 Å². The molecule has 0 radical (unpaired) electrons. The maximum Gasteiger partial charge on any atom is 0.416 e. The summed E-state index contributed by atoms with van der Waals surface area (Å²) in [6, 6.07) is 1.20. The van der Waals surface area contributed by atoms with E-state index in [2.05, 4.69) is 5.32 Å². The van der Waals surface area contributed by atoms with E-state index in [1.807, 2.05) is 0 Å². The van der Waals surface area contributed by atoms with Gasteiger partial charge in [0, 0.05) is 23.9 Å². The Balaban J connectivity index is 2.36. The zero-order valence-electron chi connectivity index (χ0n) is 11.1. The first-order valence-electron chi connectivity index (χ1n) is 6.35. The molecule has 1 saturated carbocycles. The van der Waals surface area contributed by atoms with Crippen molar-refractivity contribution in [2.45, 2.75) is 31.6 Å². The summed E-state index contributed by atoms with van der Waals surface area (Å²) in [6.07, 6.45) is -7.20. The van der Waals surface area contributed by atoms with Crippen LogP contribution in [0.3, 0.4) is 0 Å². The third kappa shape index (κ3) is 3.80. The van der Waals surface area contributed by atoms with Crippen molar-refractivity contribution in [2.75, 3.05) is 5.32 Å². The second-order valence-electron chi connectivity index (χ2n) is 4.89. The molecule has 1 fully saturated rings. The highest BCUT2D eigenvalue weighted by atomic mass is 19.4. The van der Waals surface area contributed by atoms with E-state index in [1.54, 1.807) is 0 Å². The molecule has 0 aliphatic heterocycles. The summed E-state index contributed by atoms with van der Waals surface area (Å²) in [5.74, 6) is -0.157. The van der Waals surface area contributed by atoms with E-state index < -0.39 is 23.5 Å². The molecule has 2 nitrogen and oxygen atoms in total. The van der Waals surface area contributed by atoms with Gasteiger partial charge in [-0.2, -0.15) is 26.3 Å². The predicted molar refractivity (Wildman–Crippen MR) is 67.0 cm³/mol. The van der Waals surface area contributed by atoms with E-state index in [4.69, 9.17) is 0 Å². The smallest absolute Gasteiger partial charge is 0.361 e. The third-order valence-corrected chi connectivity index (χ3v) is 3.21. The molecule has 2 rings (SSSR count). The fourth-order valence-corrected chi connectivity index (χ4v) is 2.10. The van der Waals surface area contributed by atoms with Gasteiger partial charge >= 0.3 is 12.4 Å². The molecule has 0 bridgehead atoms. The minimum absolute atomic E-state index is 0.0546. The van der Waals surface area contributed by atoms with Crippen LogP contribution in [0.4, 0.5) is 32.0 Å². The number of Topliss-reactive ketones (excluding diaryl/α,β-unsaturated/α-hetero) is 1. The second-order valence-corrected chi connectivity index (χ2v) is 4.89. The van der Waals surface area contributed by atoms with Crippen LogP contribution in [0.15, 0.2) is 30.0 Å². The van der Waals surface area contributed by atoms with Gasteiger partial charge in [-0.1, -0.05) is 0 Å². The molecule has 1 N–H and O–H groups in total. The number of rotatable bonds is 2. The third-order valence-electron chi connectivity index (χ3n) is 3.21. The Morgan fingerprint density at radius 2 is 1.45 bits per heavy atom. The minimum atomic E-state index is -4.89. The van der Waals surface area contributed by atoms with Crippen molar-refractivity contribution in [3.05, 3.63) is 41.1 Å². The molecule has 0 saturated heterocycles. The molecule has 0 heterocycles. The maximum absolute atomic E-state index is 12.7. The first-order chi connectivity index (χ1) is 10.1. The lowest BCUT2D eigenvalue weighted by molar-refractivity contribution is -0.143. The fourth-order valence-electron chi connectivity index (χ4n) is 2.10. The van der Waals surface area contributed by atoms with E-state index in [0.29, 0.717) is 37.0 Å². The molecule has 0 aromatic heterocycles. The van der Waals surface area contributed by atoms with Crippen molar-refractivity contribution < 1.29 is 31.1 Å². The molecule has 0 amide bonds. The van der Waals surface area contributed by atoms with Crippen LogP contribution in [0.25, 0.3) is 0 Å². The standard InChI is InChI=1S/C14H11F6NO/c15-13(16,17)9-4-10(14(18,19)20)6-11(5-9)21-7-8-2-1-3-12(8)22/h4-7,21H,1-3H2/b8-7-. The van der Waals surface area contributed by atoms with E-state index in [9.17, 15) is 31.1 Å². The van der Waals surface area contributed by atoms with Gasteiger partial charge in [-0.25, -0.2) is 0 Å². The SMILES string of the molecule is O=C1CCC/C1=C/Nc1cc(C(F)(F)F)cc(C(F)(F)F)c1. The highest BCUT2D eigenvalue weighted by molar-refractivity contribution is 5.97. The number of carbonyl (C=O) groups is 1. The van der Waals surface area contributed by atoms with Gasteiger partial charge in [-0.15, -0.1) is 0 Å². The summed E-state index contributed by atoms with van der Waals surface area (Å²) < 4.78 is 76.0. The van der Waals surface area contributed by atoms with Crippen molar-refractivity contribution in [3.63, 3.8) is 0 Å². The monoisotopic (exact) mass is 323 g/mol. The number of ketones is 1. The Morgan fingerprint density at radius 3 is 1.86 bits per heavy atom. The zero-order valence-corrected chi connectivity index (χ0v) is 11.1. The van der Waals surface area contributed by atoms with Gasteiger partial charge < -0.3 is 5.32 Å². The van der Waals surface area contributed by atoms with E-state index >= 15 is 0 Å². The minimum Gasteiger partial charge on any atom is -0.361 e. The molecule has 1 aliphatic rings. The van der Waals surface area contributed by atoms with E-state index in [0.717, 1.165) is 0 Å². The van der Waals surface area contributed by atoms with Crippen molar-refractivity contribution >= 4 is 11.5 Å². The summed E-state index contributed by atoms with van der Waals surface area (Å²) in [5, 5.41) is 2.36. The van der Waals surface area contributed by atoms with E-state index in [-0.39, 0.29) is 17.5 Å². The fraction of sp³-hybridized carbons (Fsp3) is 0.357. The van der Waals surface area contributed by atoms with Crippen molar-refractivity contribution in [1.82, 2.24) is 0 Å². The summed E-state index contributed by atoms with van der Waals surface area (Å²) >= 11 is 0. The molecular formula is C14H11F6NO. The zero-order chi connectivity index (χ0) is 16.5. The average molecular weight is 323 g/mol. The van der Waals surface area contributed by atoms with Gasteiger partial charge in [-0.3, -0.25) is 4.79 Å². The second kappa shape index (κ2) is 5.66. The van der Waals surface area contributed by atoms with Crippen molar-refractivity contribution in [2.24, 2.45) is 0 Å². The number of alkyl halides is 6. The van der Waals surface area contributed by atoms with E-state index in [1.165, 1.54) is 6.20 Å². The molecule has 1 aliphatic carbocycles. The Kier molecular flexibility index (Phi) is 4.21. The lowest BCUT2D eigenvalue weighted by atomic mass is 10.1. The van der Waals surface area contributed by atoms with Gasteiger partial charge in [0.2, 0.25) is 0 Å². The van der Waals surface area contributed by atoms with Gasteiger partial charge in [0.25, 0.3) is 0 Å². The molecule has 1 aromatic carbocycles. The number of allylic oxidation sites excluding steroid dienone is 1. The normalized spacial score (nSPS) is 18.1. The van der Waals surface area contributed by atoms with Crippen LogP contribution in [0.5, 0.6) is 0 Å². The van der Waals surface area contributed by atoms with Gasteiger partial charge in [0.05, 0.1) is 11.1 Å². The molecule has 8 heteroatoms. The lowest BCUT2D eigenvalue weighted by Crippen LogP contribution is -2.11. The Morgan fingerprint density at radius 1 is 0.909 bits per heavy atom. The Labute approximate surface area is 121 Å². The topological polar surface area (TPSA) is 29.1 Å². The molecular weight excluding hydrogens is 312 g/mol. The molecule has 120 valence electrons. The summed E-state index contributed by atoms with van der Waals surface area (Å²) in [5.41, 5.74) is -2.80. The quantitative estimate of drug-likeness (QED) is 0.627. The highest BCUT2D eigenvalue weighted by Gasteiger charge is 2.36. The average Bonchev–Trinajstić information content (AvgIpc) is 2.79. The molecule has 1 aromatic rings. The first-order valence-corrected chi connectivity index (χ1v) is 6.35. The number of nitrogens with one attached hydrogen (secondary N) is 1. The number of hydrogen-bond acceptors (Lipinski definition) is 2. The summed E-state index contributed by atoms with van der Waals surface area (Å²) in [7, 11) is 0. The van der Waals surface area contributed by atoms with Crippen LogP contribution in [-0.4, -0.2) is 5.78 Å². The molecule has 22 heavy (non-hydrogen) atoms. The summed E-state index contributed by atoms with van der Waals surface area (Å²) in [4.78, 5) is 11.4. The molecule has 0 spiro atoms. The molecule has 0 atom stereocenters. The largest absolute Gasteiger partial charge is 0.416 e. The number of carbonyl (C=O) groups excluding carboxylic acids is 1. The van der Waals surface area contributed by atoms with Gasteiger partial charge in [0.1, 0.15) is 0 Å². The van der Waals surface area contributed by atoms with Gasteiger partial charge in [0.15, 0.2) is 5.78 Å². The van der Waals surface area contributed by atoms with Crippen LogP contribution in [0.2, 0.25) is 0 Å². The Hall–Kier alpha value is -1.99. The van der Waals surface area contributed by atoms with Crippen molar-refractivity contribution in [1.29, 1.82) is 0 Å². The van der Waals surface area contributed by atoms with Crippen LogP contribution in [-0.2, 0) is 17.1 Å². The maximum atomic E-state index is 12.7. The number of hydrogen-bond donors (Lipinski definition) is 1. The van der Waals surface area contributed by atoms with Crippen LogP contribution in [0.1, 0.15) is 30.4 Å². The number of halogens is 6. The van der Waals surface area contributed by atoms with Crippen LogP contribution >= 0.6 is 0 Å². The predicted octanol–water partition coefficient (Wildman–Crippen LogP) is 4.77.